The zero-order chi connectivity index (χ0) is 16.7. The van der Waals surface area contributed by atoms with Crippen LogP contribution in [0.15, 0.2) is 18.5 Å². The number of pyridine rings is 1. The molecule has 0 bridgehead atoms. The van der Waals surface area contributed by atoms with Crippen LogP contribution in [0.25, 0.3) is 22.1 Å². The first-order valence-electron chi connectivity index (χ1n) is 8.30. The second-order valence-corrected chi connectivity index (χ2v) is 6.40. The SMILES string of the molecule is CC(O)c1nc2cnc3[nH]ccc3c2n1[C@H]1CCN(CCC#N)C1. The number of aromatic nitrogens is 4. The Bertz CT molecular complexity index is 918. The molecule has 3 aromatic rings. The van der Waals surface area contributed by atoms with Gasteiger partial charge in [-0.25, -0.2) is 9.97 Å². The summed E-state index contributed by atoms with van der Waals surface area (Å²) < 4.78 is 2.18. The molecule has 4 rings (SSSR count). The van der Waals surface area contributed by atoms with E-state index in [-0.39, 0.29) is 6.04 Å². The Labute approximate surface area is 139 Å². The second kappa shape index (κ2) is 5.89. The van der Waals surface area contributed by atoms with Crippen LogP contribution in [0, 0.1) is 11.3 Å². The summed E-state index contributed by atoms with van der Waals surface area (Å²) in [6, 6.07) is 4.47. The molecule has 4 heterocycles. The fraction of sp³-hybridized carbons (Fsp3) is 0.471. The molecular weight excluding hydrogens is 304 g/mol. The molecule has 1 aliphatic heterocycles. The zero-order valence-corrected chi connectivity index (χ0v) is 13.6. The lowest BCUT2D eigenvalue weighted by Gasteiger charge is -2.19. The van der Waals surface area contributed by atoms with Crippen LogP contribution in [0.1, 0.15) is 37.7 Å². The van der Waals surface area contributed by atoms with Crippen molar-refractivity contribution in [3.8, 4) is 6.07 Å². The Morgan fingerprint density at radius 1 is 1.54 bits per heavy atom. The molecular formula is C17H20N6O. The minimum Gasteiger partial charge on any atom is -0.385 e. The van der Waals surface area contributed by atoms with Crippen LogP contribution in [0.3, 0.4) is 0 Å². The lowest BCUT2D eigenvalue weighted by atomic mass is 10.2. The van der Waals surface area contributed by atoms with Gasteiger partial charge < -0.3 is 19.6 Å². The number of hydrogen-bond acceptors (Lipinski definition) is 5. The number of nitrogens with one attached hydrogen (secondary N) is 1. The summed E-state index contributed by atoms with van der Waals surface area (Å²) in [5, 5.41) is 20.1. The number of aromatic amines is 1. The normalized spacial score (nSPS) is 20.0. The monoisotopic (exact) mass is 324 g/mol. The molecule has 1 fully saturated rings. The van der Waals surface area contributed by atoms with Crippen molar-refractivity contribution in [1.82, 2.24) is 24.4 Å². The van der Waals surface area contributed by atoms with Gasteiger partial charge in [0.25, 0.3) is 0 Å². The summed E-state index contributed by atoms with van der Waals surface area (Å²) in [6.45, 7) is 4.39. The van der Waals surface area contributed by atoms with E-state index < -0.39 is 6.10 Å². The third-order valence-corrected chi connectivity index (χ3v) is 4.79. The summed E-state index contributed by atoms with van der Waals surface area (Å²) in [6.07, 6.45) is 4.54. The summed E-state index contributed by atoms with van der Waals surface area (Å²) in [5.41, 5.74) is 2.68. The van der Waals surface area contributed by atoms with Crippen LogP contribution in [0.2, 0.25) is 0 Å². The molecule has 0 amide bonds. The van der Waals surface area contributed by atoms with E-state index in [2.05, 4.69) is 30.5 Å². The highest BCUT2D eigenvalue weighted by atomic mass is 16.3. The van der Waals surface area contributed by atoms with E-state index in [4.69, 9.17) is 5.26 Å². The Morgan fingerprint density at radius 2 is 2.42 bits per heavy atom. The average molecular weight is 324 g/mol. The maximum Gasteiger partial charge on any atom is 0.139 e. The Kier molecular flexibility index (Phi) is 3.71. The van der Waals surface area contributed by atoms with Gasteiger partial charge in [0.1, 0.15) is 23.1 Å². The van der Waals surface area contributed by atoms with Gasteiger partial charge in [0.05, 0.1) is 17.8 Å². The molecule has 3 aromatic heterocycles. The first-order chi connectivity index (χ1) is 11.7. The van der Waals surface area contributed by atoms with Gasteiger partial charge in [0, 0.05) is 43.7 Å². The van der Waals surface area contributed by atoms with E-state index in [1.165, 1.54) is 0 Å². The van der Waals surface area contributed by atoms with Crippen LogP contribution in [-0.2, 0) is 0 Å². The molecule has 24 heavy (non-hydrogen) atoms. The Morgan fingerprint density at radius 3 is 3.21 bits per heavy atom. The smallest absolute Gasteiger partial charge is 0.139 e. The Hall–Kier alpha value is -2.43. The minimum absolute atomic E-state index is 0.249. The number of fused-ring (bicyclic) bond motifs is 3. The highest BCUT2D eigenvalue weighted by Crippen LogP contribution is 2.33. The van der Waals surface area contributed by atoms with Crippen molar-refractivity contribution in [1.29, 1.82) is 5.26 Å². The molecule has 2 N–H and O–H groups in total. The zero-order valence-electron chi connectivity index (χ0n) is 13.6. The highest BCUT2D eigenvalue weighted by Gasteiger charge is 2.29. The van der Waals surface area contributed by atoms with Crippen molar-refractivity contribution in [2.24, 2.45) is 0 Å². The average Bonchev–Trinajstić information content (AvgIpc) is 3.28. The van der Waals surface area contributed by atoms with Crippen LogP contribution in [0.4, 0.5) is 0 Å². The molecule has 0 spiro atoms. The number of rotatable bonds is 4. The second-order valence-electron chi connectivity index (χ2n) is 6.40. The van der Waals surface area contributed by atoms with Gasteiger partial charge in [-0.1, -0.05) is 0 Å². The van der Waals surface area contributed by atoms with Crippen LogP contribution in [0.5, 0.6) is 0 Å². The lowest BCUT2D eigenvalue weighted by Crippen LogP contribution is -2.23. The summed E-state index contributed by atoms with van der Waals surface area (Å²) in [5.74, 6) is 0.688. The standard InChI is InChI=1S/C17H20N6O/c1-11(24)17-21-14-9-20-16-13(3-6-19-16)15(14)23(17)12-4-8-22(10-12)7-2-5-18/h3,6,9,11-12,24H,2,4,7-8,10H2,1H3,(H,19,20)/t11?,12-/m0/s1. The number of hydrogen-bond donors (Lipinski definition) is 2. The molecule has 0 aromatic carbocycles. The van der Waals surface area contributed by atoms with Gasteiger partial charge in [-0.2, -0.15) is 5.26 Å². The minimum atomic E-state index is -0.639. The molecule has 0 radical (unpaired) electrons. The van der Waals surface area contributed by atoms with E-state index >= 15 is 0 Å². The van der Waals surface area contributed by atoms with E-state index in [0.717, 1.165) is 48.1 Å². The van der Waals surface area contributed by atoms with Gasteiger partial charge in [-0.15, -0.1) is 0 Å². The van der Waals surface area contributed by atoms with Crippen molar-refractivity contribution in [3.05, 3.63) is 24.3 Å². The summed E-state index contributed by atoms with van der Waals surface area (Å²) >= 11 is 0. The predicted molar refractivity (Wildman–Crippen MR) is 90.3 cm³/mol. The molecule has 7 nitrogen and oxygen atoms in total. The Balaban J connectivity index is 1.82. The fourth-order valence-electron chi connectivity index (χ4n) is 3.71. The first-order valence-corrected chi connectivity index (χ1v) is 8.30. The highest BCUT2D eigenvalue weighted by molar-refractivity contribution is 6.01. The molecule has 0 saturated carbocycles. The van der Waals surface area contributed by atoms with Gasteiger partial charge >= 0.3 is 0 Å². The third kappa shape index (κ3) is 2.35. The summed E-state index contributed by atoms with van der Waals surface area (Å²) in [7, 11) is 0. The number of imidazole rings is 1. The van der Waals surface area contributed by atoms with Crippen molar-refractivity contribution in [2.75, 3.05) is 19.6 Å². The van der Waals surface area contributed by atoms with E-state index in [9.17, 15) is 5.11 Å². The van der Waals surface area contributed by atoms with Gasteiger partial charge in [0.2, 0.25) is 0 Å². The number of aliphatic hydroxyl groups is 1. The number of likely N-dealkylation sites (tertiary alicyclic amines) is 1. The van der Waals surface area contributed by atoms with Crippen LogP contribution in [-0.4, -0.2) is 49.2 Å². The molecule has 7 heteroatoms. The summed E-state index contributed by atoms with van der Waals surface area (Å²) in [4.78, 5) is 14.5. The third-order valence-electron chi connectivity index (χ3n) is 4.79. The van der Waals surface area contributed by atoms with Crippen molar-refractivity contribution in [2.45, 2.75) is 31.9 Å². The van der Waals surface area contributed by atoms with Gasteiger partial charge in [-0.05, 0) is 19.4 Å². The number of nitrogens with zero attached hydrogens (tertiary/aromatic N) is 5. The van der Waals surface area contributed by atoms with Gasteiger partial charge in [-0.3, -0.25) is 0 Å². The maximum absolute atomic E-state index is 10.2. The molecule has 1 unspecified atom stereocenters. The number of aliphatic hydroxyl groups excluding tert-OH is 1. The molecule has 2 atom stereocenters. The fourth-order valence-corrected chi connectivity index (χ4v) is 3.71. The van der Waals surface area contributed by atoms with Crippen molar-refractivity contribution in [3.63, 3.8) is 0 Å². The molecule has 0 aliphatic carbocycles. The molecule has 124 valence electrons. The van der Waals surface area contributed by atoms with Crippen LogP contribution < -0.4 is 0 Å². The van der Waals surface area contributed by atoms with Gasteiger partial charge in [0.15, 0.2) is 0 Å². The van der Waals surface area contributed by atoms with E-state index in [0.29, 0.717) is 12.2 Å². The lowest BCUT2D eigenvalue weighted by molar-refractivity contribution is 0.181. The molecule has 1 saturated heterocycles. The van der Waals surface area contributed by atoms with E-state index in [1.807, 2.05) is 12.3 Å². The first kappa shape index (κ1) is 15.1. The van der Waals surface area contributed by atoms with Crippen molar-refractivity contribution >= 4 is 22.1 Å². The van der Waals surface area contributed by atoms with Crippen LogP contribution >= 0.6 is 0 Å². The maximum atomic E-state index is 10.2. The predicted octanol–water partition coefficient (Wildman–Crippen LogP) is 2.13. The largest absolute Gasteiger partial charge is 0.385 e. The number of H-pyrrole nitrogens is 1. The molecule has 1 aliphatic rings. The topological polar surface area (TPSA) is 93.8 Å². The quantitative estimate of drug-likeness (QED) is 0.767. The van der Waals surface area contributed by atoms with E-state index in [1.54, 1.807) is 13.1 Å². The van der Waals surface area contributed by atoms with Crippen molar-refractivity contribution < 1.29 is 5.11 Å². The number of nitriles is 1.